The lowest BCUT2D eigenvalue weighted by molar-refractivity contribution is -0.125. The van der Waals surface area contributed by atoms with E-state index in [2.05, 4.69) is 10.6 Å². The Kier molecular flexibility index (Phi) is 7.58. The Morgan fingerprint density at radius 3 is 2.29 bits per heavy atom. The molecule has 148 valence electrons. The molecule has 7 heteroatoms. The van der Waals surface area contributed by atoms with Crippen LogP contribution in [0.1, 0.15) is 41.5 Å². The standard InChI is InChI=1S/C21H23ClN2O4/c1-13(2)14(3)23-19(25)12-28-21(27)17-6-4-5-7-18(17)24-20(26)15-8-10-16(22)11-9-15/h4-11,13-14H,12H2,1-3H3,(H,23,25)(H,24,26)/t14-/m1/s1. The molecule has 0 saturated heterocycles. The Bertz CT molecular complexity index is 850. The van der Waals surface area contributed by atoms with Crippen molar-refractivity contribution in [2.45, 2.75) is 26.8 Å². The molecule has 2 rings (SSSR count). The number of anilines is 1. The van der Waals surface area contributed by atoms with Gasteiger partial charge in [0.05, 0.1) is 11.3 Å². The SMILES string of the molecule is CC(C)[C@@H](C)NC(=O)COC(=O)c1ccccc1NC(=O)c1ccc(Cl)cc1. The minimum absolute atomic E-state index is 0.0304. The van der Waals surface area contributed by atoms with E-state index < -0.39 is 12.6 Å². The van der Waals surface area contributed by atoms with Crippen molar-refractivity contribution in [2.75, 3.05) is 11.9 Å². The van der Waals surface area contributed by atoms with Gasteiger partial charge >= 0.3 is 5.97 Å². The fourth-order valence-corrected chi connectivity index (χ4v) is 2.36. The second-order valence-corrected chi connectivity index (χ2v) is 7.12. The minimum atomic E-state index is -0.695. The van der Waals surface area contributed by atoms with Crippen LogP contribution < -0.4 is 10.6 Å². The molecule has 0 spiro atoms. The number of hydrogen-bond donors (Lipinski definition) is 2. The fraction of sp³-hybridized carbons (Fsp3) is 0.286. The van der Waals surface area contributed by atoms with Gasteiger partial charge in [-0.3, -0.25) is 9.59 Å². The summed E-state index contributed by atoms with van der Waals surface area (Å²) in [4.78, 5) is 36.7. The first-order chi connectivity index (χ1) is 13.3. The quantitative estimate of drug-likeness (QED) is 0.687. The molecular weight excluding hydrogens is 380 g/mol. The van der Waals surface area contributed by atoms with Crippen LogP contribution >= 0.6 is 11.6 Å². The van der Waals surface area contributed by atoms with Gasteiger partial charge in [0.2, 0.25) is 0 Å². The largest absolute Gasteiger partial charge is 0.452 e. The molecule has 0 aliphatic carbocycles. The molecule has 2 aromatic rings. The molecule has 2 amide bonds. The number of benzene rings is 2. The molecule has 0 radical (unpaired) electrons. The monoisotopic (exact) mass is 402 g/mol. The van der Waals surface area contributed by atoms with Crippen molar-refractivity contribution in [3.05, 3.63) is 64.7 Å². The molecule has 1 atom stereocenters. The predicted molar refractivity (Wildman–Crippen MR) is 109 cm³/mol. The molecule has 0 aliphatic heterocycles. The highest BCUT2D eigenvalue weighted by atomic mass is 35.5. The van der Waals surface area contributed by atoms with Gasteiger partial charge in [0.1, 0.15) is 0 Å². The number of rotatable bonds is 7. The normalized spacial score (nSPS) is 11.6. The lowest BCUT2D eigenvalue weighted by atomic mass is 10.1. The molecule has 6 nitrogen and oxygen atoms in total. The average molecular weight is 403 g/mol. The molecule has 0 bridgehead atoms. The first-order valence-corrected chi connectivity index (χ1v) is 9.28. The number of hydrogen-bond acceptors (Lipinski definition) is 4. The zero-order valence-electron chi connectivity index (χ0n) is 16.0. The summed E-state index contributed by atoms with van der Waals surface area (Å²) >= 11 is 5.83. The van der Waals surface area contributed by atoms with E-state index in [1.165, 1.54) is 6.07 Å². The van der Waals surface area contributed by atoms with Gasteiger partial charge in [0.15, 0.2) is 6.61 Å². The minimum Gasteiger partial charge on any atom is -0.452 e. The third-order valence-corrected chi connectivity index (χ3v) is 4.48. The van der Waals surface area contributed by atoms with E-state index in [4.69, 9.17) is 16.3 Å². The summed E-state index contributed by atoms with van der Waals surface area (Å²) in [5, 5.41) is 5.96. The molecule has 0 aliphatic rings. The Morgan fingerprint density at radius 1 is 1.00 bits per heavy atom. The summed E-state index contributed by atoms with van der Waals surface area (Å²) in [5.74, 6) is -1.19. The maximum Gasteiger partial charge on any atom is 0.340 e. The zero-order valence-corrected chi connectivity index (χ0v) is 16.7. The van der Waals surface area contributed by atoms with Crippen LogP contribution in [0.25, 0.3) is 0 Å². The van der Waals surface area contributed by atoms with Crippen LogP contribution in [0.4, 0.5) is 5.69 Å². The molecule has 0 saturated carbocycles. The van der Waals surface area contributed by atoms with Crippen molar-refractivity contribution in [3.63, 3.8) is 0 Å². The lowest BCUT2D eigenvalue weighted by Gasteiger charge is -2.17. The zero-order chi connectivity index (χ0) is 20.7. The molecule has 28 heavy (non-hydrogen) atoms. The Labute approximate surface area is 169 Å². The van der Waals surface area contributed by atoms with Crippen LogP contribution in [0.5, 0.6) is 0 Å². The maximum atomic E-state index is 12.4. The van der Waals surface area contributed by atoms with Crippen molar-refractivity contribution in [2.24, 2.45) is 5.92 Å². The van der Waals surface area contributed by atoms with Crippen molar-refractivity contribution in [1.29, 1.82) is 0 Å². The third-order valence-electron chi connectivity index (χ3n) is 4.22. The van der Waals surface area contributed by atoms with E-state index in [-0.39, 0.29) is 29.3 Å². The number of ether oxygens (including phenoxy) is 1. The predicted octanol–water partition coefficient (Wildman–Crippen LogP) is 3.91. The highest BCUT2D eigenvalue weighted by molar-refractivity contribution is 6.30. The first kappa shape index (κ1) is 21.4. The summed E-state index contributed by atoms with van der Waals surface area (Å²) in [6.07, 6.45) is 0. The smallest absolute Gasteiger partial charge is 0.340 e. The van der Waals surface area contributed by atoms with Gasteiger partial charge in [-0.25, -0.2) is 4.79 Å². The van der Waals surface area contributed by atoms with Crippen molar-refractivity contribution in [3.8, 4) is 0 Å². The molecule has 0 aromatic heterocycles. The Hall–Kier alpha value is -2.86. The number of para-hydroxylation sites is 1. The fourth-order valence-electron chi connectivity index (χ4n) is 2.24. The van der Waals surface area contributed by atoms with Crippen LogP contribution in [0.3, 0.4) is 0 Å². The number of carbonyl (C=O) groups is 3. The van der Waals surface area contributed by atoms with Crippen molar-refractivity contribution in [1.82, 2.24) is 5.32 Å². The summed E-state index contributed by atoms with van der Waals surface area (Å²) in [6.45, 7) is 5.45. The maximum absolute atomic E-state index is 12.4. The van der Waals surface area contributed by atoms with Crippen molar-refractivity contribution >= 4 is 35.1 Å². The molecular formula is C21H23ClN2O4. The number of nitrogens with one attached hydrogen (secondary N) is 2. The average Bonchev–Trinajstić information content (AvgIpc) is 2.66. The number of esters is 1. The molecule has 0 fully saturated rings. The number of halogens is 1. The summed E-state index contributed by atoms with van der Waals surface area (Å²) in [7, 11) is 0. The summed E-state index contributed by atoms with van der Waals surface area (Å²) in [6, 6.07) is 12.8. The van der Waals surface area contributed by atoms with Gasteiger partial charge < -0.3 is 15.4 Å². The van der Waals surface area contributed by atoms with Gasteiger partial charge in [0, 0.05) is 16.6 Å². The van der Waals surface area contributed by atoms with E-state index in [0.29, 0.717) is 16.3 Å². The lowest BCUT2D eigenvalue weighted by Crippen LogP contribution is -2.38. The molecule has 2 N–H and O–H groups in total. The Morgan fingerprint density at radius 2 is 1.64 bits per heavy atom. The van der Waals surface area contributed by atoms with Crippen molar-refractivity contribution < 1.29 is 19.1 Å². The summed E-state index contributed by atoms with van der Waals surface area (Å²) in [5.41, 5.74) is 0.854. The van der Waals surface area contributed by atoms with Crippen LogP contribution in [-0.4, -0.2) is 30.4 Å². The van der Waals surface area contributed by atoms with E-state index in [1.807, 2.05) is 20.8 Å². The summed E-state index contributed by atoms with van der Waals surface area (Å²) < 4.78 is 5.09. The first-order valence-electron chi connectivity index (χ1n) is 8.90. The van der Waals surface area contributed by atoms with Gasteiger partial charge in [-0.2, -0.15) is 0 Å². The van der Waals surface area contributed by atoms with E-state index >= 15 is 0 Å². The highest BCUT2D eigenvalue weighted by Crippen LogP contribution is 2.18. The van der Waals surface area contributed by atoms with Crippen LogP contribution in [0, 0.1) is 5.92 Å². The third kappa shape index (κ3) is 6.09. The Balaban J connectivity index is 2.02. The van der Waals surface area contributed by atoms with Gasteiger partial charge in [-0.15, -0.1) is 0 Å². The van der Waals surface area contributed by atoms with Crippen LogP contribution in [0.2, 0.25) is 5.02 Å². The van der Waals surface area contributed by atoms with Crippen LogP contribution in [-0.2, 0) is 9.53 Å². The van der Waals surface area contributed by atoms with E-state index in [1.54, 1.807) is 42.5 Å². The van der Waals surface area contributed by atoms with Gasteiger partial charge in [0.25, 0.3) is 11.8 Å². The number of amides is 2. The molecule has 0 heterocycles. The highest BCUT2D eigenvalue weighted by Gasteiger charge is 2.17. The van der Waals surface area contributed by atoms with Gasteiger partial charge in [-0.1, -0.05) is 37.6 Å². The second-order valence-electron chi connectivity index (χ2n) is 6.68. The number of carbonyl (C=O) groups excluding carboxylic acids is 3. The van der Waals surface area contributed by atoms with Crippen LogP contribution in [0.15, 0.2) is 48.5 Å². The topological polar surface area (TPSA) is 84.5 Å². The van der Waals surface area contributed by atoms with E-state index in [0.717, 1.165) is 0 Å². The molecule has 0 unspecified atom stereocenters. The van der Waals surface area contributed by atoms with Gasteiger partial charge in [-0.05, 0) is 49.2 Å². The van der Waals surface area contributed by atoms with E-state index in [9.17, 15) is 14.4 Å². The second kappa shape index (κ2) is 9.90. The molecule has 2 aromatic carbocycles.